The number of amides is 1. The van der Waals surface area contributed by atoms with E-state index < -0.39 is 5.97 Å². The second-order valence-electron chi connectivity index (χ2n) is 5.11. The van der Waals surface area contributed by atoms with Crippen LogP contribution in [0.15, 0.2) is 42.7 Å². The first-order valence-corrected chi connectivity index (χ1v) is 7.11. The number of hydrogen-bond donors (Lipinski definition) is 1. The molecule has 0 aliphatic heterocycles. The van der Waals surface area contributed by atoms with Gasteiger partial charge in [0.2, 0.25) is 5.91 Å². The van der Waals surface area contributed by atoms with Crippen LogP contribution in [-0.4, -0.2) is 45.3 Å². The largest absolute Gasteiger partial charge is 0.481 e. The predicted octanol–water partition coefficient (Wildman–Crippen LogP) is 1.74. The molecule has 6 heteroatoms. The summed E-state index contributed by atoms with van der Waals surface area (Å²) < 4.78 is 1.75. The third-order valence-electron chi connectivity index (χ3n) is 3.37. The lowest BCUT2D eigenvalue weighted by atomic mass is 10.1. The highest BCUT2D eigenvalue weighted by Crippen LogP contribution is 2.10. The quantitative estimate of drug-likeness (QED) is 0.845. The van der Waals surface area contributed by atoms with Gasteiger partial charge in [-0.15, -0.1) is 0 Å². The highest BCUT2D eigenvalue weighted by atomic mass is 16.4. The summed E-state index contributed by atoms with van der Waals surface area (Å²) in [5.41, 5.74) is 1.86. The normalized spacial score (nSPS) is 10.4. The van der Waals surface area contributed by atoms with Gasteiger partial charge in [-0.25, -0.2) is 4.68 Å². The SMILES string of the molecule is CN(CCCC(=O)O)C(=O)Cc1ccc(-n2cccn2)cc1. The molecular weight excluding hydrogens is 282 g/mol. The van der Waals surface area contributed by atoms with E-state index in [2.05, 4.69) is 5.10 Å². The van der Waals surface area contributed by atoms with E-state index in [1.54, 1.807) is 22.8 Å². The molecular formula is C16H19N3O3. The van der Waals surface area contributed by atoms with Crippen molar-refractivity contribution in [3.05, 3.63) is 48.3 Å². The van der Waals surface area contributed by atoms with Crippen LogP contribution >= 0.6 is 0 Å². The molecule has 22 heavy (non-hydrogen) atoms. The van der Waals surface area contributed by atoms with Gasteiger partial charge in [-0.05, 0) is 30.2 Å². The Kier molecular flexibility index (Phi) is 5.30. The molecule has 0 radical (unpaired) electrons. The van der Waals surface area contributed by atoms with Gasteiger partial charge in [0.15, 0.2) is 0 Å². The Labute approximate surface area is 129 Å². The summed E-state index contributed by atoms with van der Waals surface area (Å²) in [7, 11) is 1.70. The summed E-state index contributed by atoms with van der Waals surface area (Å²) in [4.78, 5) is 24.1. The Bertz CT molecular complexity index is 621. The average molecular weight is 301 g/mol. The van der Waals surface area contributed by atoms with Crippen LogP contribution in [0.2, 0.25) is 0 Å². The molecule has 1 amide bonds. The zero-order chi connectivity index (χ0) is 15.9. The third kappa shape index (κ3) is 4.44. The lowest BCUT2D eigenvalue weighted by Gasteiger charge is -2.16. The monoisotopic (exact) mass is 301 g/mol. The standard InChI is InChI=1S/C16H19N3O3/c1-18(10-2-4-16(21)22)15(20)12-13-5-7-14(8-6-13)19-11-3-9-17-19/h3,5-9,11H,2,4,10,12H2,1H3,(H,21,22). The van der Waals surface area contributed by atoms with Crippen LogP contribution in [-0.2, 0) is 16.0 Å². The maximum Gasteiger partial charge on any atom is 0.303 e. The smallest absolute Gasteiger partial charge is 0.303 e. The van der Waals surface area contributed by atoms with Crippen molar-refractivity contribution in [3.63, 3.8) is 0 Å². The predicted molar refractivity (Wildman–Crippen MR) is 81.8 cm³/mol. The fourth-order valence-corrected chi connectivity index (χ4v) is 2.09. The van der Waals surface area contributed by atoms with E-state index in [1.807, 2.05) is 36.5 Å². The molecule has 1 N–H and O–H groups in total. The van der Waals surface area contributed by atoms with Crippen LogP contribution in [0, 0.1) is 0 Å². The number of aromatic nitrogens is 2. The van der Waals surface area contributed by atoms with Gasteiger partial charge in [0.05, 0.1) is 12.1 Å². The number of hydrogen-bond acceptors (Lipinski definition) is 3. The van der Waals surface area contributed by atoms with E-state index in [-0.39, 0.29) is 12.3 Å². The Morgan fingerprint density at radius 3 is 2.59 bits per heavy atom. The van der Waals surface area contributed by atoms with Crippen molar-refractivity contribution < 1.29 is 14.7 Å². The summed E-state index contributed by atoms with van der Waals surface area (Å²) in [5, 5.41) is 12.7. The Hall–Kier alpha value is -2.63. The van der Waals surface area contributed by atoms with Gasteiger partial charge in [-0.3, -0.25) is 9.59 Å². The van der Waals surface area contributed by atoms with Crippen molar-refractivity contribution in [2.45, 2.75) is 19.3 Å². The van der Waals surface area contributed by atoms with E-state index >= 15 is 0 Å². The molecule has 2 aromatic rings. The number of nitrogens with zero attached hydrogens (tertiary/aromatic N) is 3. The van der Waals surface area contributed by atoms with E-state index in [0.29, 0.717) is 19.4 Å². The topological polar surface area (TPSA) is 75.4 Å². The molecule has 1 heterocycles. The first-order valence-electron chi connectivity index (χ1n) is 7.11. The van der Waals surface area contributed by atoms with Crippen molar-refractivity contribution in [1.82, 2.24) is 14.7 Å². The van der Waals surface area contributed by atoms with E-state index in [9.17, 15) is 9.59 Å². The zero-order valence-corrected chi connectivity index (χ0v) is 12.5. The van der Waals surface area contributed by atoms with E-state index in [4.69, 9.17) is 5.11 Å². The molecule has 0 saturated carbocycles. The van der Waals surface area contributed by atoms with Crippen LogP contribution in [0.4, 0.5) is 0 Å². The number of carboxylic acid groups (broad SMARTS) is 1. The minimum Gasteiger partial charge on any atom is -0.481 e. The number of aliphatic carboxylic acids is 1. The van der Waals surface area contributed by atoms with Crippen molar-refractivity contribution in [1.29, 1.82) is 0 Å². The molecule has 0 atom stereocenters. The lowest BCUT2D eigenvalue weighted by molar-refractivity contribution is -0.138. The van der Waals surface area contributed by atoms with Gasteiger partial charge in [-0.1, -0.05) is 12.1 Å². The lowest BCUT2D eigenvalue weighted by Crippen LogP contribution is -2.29. The second kappa shape index (κ2) is 7.40. The fraction of sp³-hybridized carbons (Fsp3) is 0.312. The molecule has 6 nitrogen and oxygen atoms in total. The first kappa shape index (κ1) is 15.8. The highest BCUT2D eigenvalue weighted by Gasteiger charge is 2.10. The van der Waals surface area contributed by atoms with Crippen molar-refractivity contribution in [2.75, 3.05) is 13.6 Å². The summed E-state index contributed by atoms with van der Waals surface area (Å²) in [6.07, 6.45) is 4.43. The van der Waals surface area contributed by atoms with Crippen molar-refractivity contribution in [2.24, 2.45) is 0 Å². The minimum absolute atomic E-state index is 0.0165. The summed E-state index contributed by atoms with van der Waals surface area (Å²) >= 11 is 0. The molecule has 0 bridgehead atoms. The average Bonchev–Trinajstić information content (AvgIpc) is 3.01. The Balaban J connectivity index is 1.87. The molecule has 0 fully saturated rings. The minimum atomic E-state index is -0.838. The molecule has 0 aliphatic rings. The fourth-order valence-electron chi connectivity index (χ4n) is 2.09. The van der Waals surface area contributed by atoms with Crippen LogP contribution < -0.4 is 0 Å². The van der Waals surface area contributed by atoms with E-state index in [1.165, 1.54) is 0 Å². The van der Waals surface area contributed by atoms with Crippen LogP contribution in [0.25, 0.3) is 5.69 Å². The van der Waals surface area contributed by atoms with Crippen LogP contribution in [0.1, 0.15) is 18.4 Å². The first-order chi connectivity index (χ1) is 10.6. The molecule has 116 valence electrons. The van der Waals surface area contributed by atoms with Crippen molar-refractivity contribution >= 4 is 11.9 Å². The number of likely N-dealkylation sites (N-methyl/N-ethyl adjacent to an activating group) is 1. The summed E-state index contributed by atoms with van der Waals surface area (Å²) in [6.45, 7) is 0.455. The second-order valence-corrected chi connectivity index (χ2v) is 5.11. The molecule has 0 unspecified atom stereocenters. The van der Waals surface area contributed by atoms with Gasteiger partial charge < -0.3 is 10.0 Å². The van der Waals surface area contributed by atoms with Gasteiger partial charge >= 0.3 is 5.97 Å². The van der Waals surface area contributed by atoms with Crippen LogP contribution in [0.3, 0.4) is 0 Å². The van der Waals surface area contributed by atoms with Crippen LogP contribution in [0.5, 0.6) is 0 Å². The molecule has 0 saturated heterocycles. The van der Waals surface area contributed by atoms with Gasteiger partial charge in [0.1, 0.15) is 0 Å². The van der Waals surface area contributed by atoms with Gasteiger partial charge in [-0.2, -0.15) is 5.10 Å². The summed E-state index contributed by atoms with van der Waals surface area (Å²) in [6, 6.07) is 9.49. The third-order valence-corrected chi connectivity index (χ3v) is 3.37. The van der Waals surface area contributed by atoms with Gasteiger partial charge in [0, 0.05) is 32.4 Å². The number of benzene rings is 1. The highest BCUT2D eigenvalue weighted by molar-refractivity contribution is 5.78. The Morgan fingerprint density at radius 1 is 1.27 bits per heavy atom. The molecule has 0 spiro atoms. The summed E-state index contributed by atoms with van der Waals surface area (Å²) in [5.74, 6) is -0.854. The van der Waals surface area contributed by atoms with Crippen molar-refractivity contribution in [3.8, 4) is 5.69 Å². The number of carbonyl (C=O) groups is 2. The molecule has 1 aromatic carbocycles. The van der Waals surface area contributed by atoms with Gasteiger partial charge in [0.25, 0.3) is 0 Å². The zero-order valence-electron chi connectivity index (χ0n) is 12.5. The number of rotatable bonds is 7. The number of carboxylic acids is 1. The number of carbonyl (C=O) groups excluding carboxylic acids is 1. The molecule has 0 aliphatic carbocycles. The maximum atomic E-state index is 12.1. The Morgan fingerprint density at radius 2 is 2.00 bits per heavy atom. The van der Waals surface area contributed by atoms with E-state index in [0.717, 1.165) is 11.3 Å². The maximum absolute atomic E-state index is 12.1. The molecule has 2 rings (SSSR count). The molecule has 1 aromatic heterocycles.